The Balaban J connectivity index is 2.05. The summed E-state index contributed by atoms with van der Waals surface area (Å²) in [6, 6.07) is 8.69. The molecular formula is C19H20BrF3N2O4. The highest BCUT2D eigenvalue weighted by molar-refractivity contribution is 9.10. The van der Waals surface area contributed by atoms with Gasteiger partial charge in [-0.1, -0.05) is 6.07 Å². The topological polar surface area (TPSA) is 68.8 Å². The lowest BCUT2D eigenvalue weighted by Crippen LogP contribution is -2.31. The Hall–Kier alpha value is -2.62. The van der Waals surface area contributed by atoms with Gasteiger partial charge in [-0.25, -0.2) is 4.79 Å². The van der Waals surface area contributed by atoms with Crippen LogP contribution in [0.1, 0.15) is 18.5 Å². The van der Waals surface area contributed by atoms with Crippen LogP contribution >= 0.6 is 15.9 Å². The van der Waals surface area contributed by atoms with E-state index in [0.29, 0.717) is 5.75 Å². The van der Waals surface area contributed by atoms with Crippen LogP contribution in [0.25, 0.3) is 0 Å². The molecule has 0 aliphatic rings. The molecule has 2 N–H and O–H groups in total. The quantitative estimate of drug-likeness (QED) is 0.569. The number of halogens is 4. The predicted octanol–water partition coefficient (Wildman–Crippen LogP) is 5.29. The molecule has 2 amide bonds. The molecule has 2 aromatic rings. The minimum Gasteiger partial charge on any atom is -0.496 e. The molecule has 0 aliphatic heterocycles. The number of anilines is 1. The van der Waals surface area contributed by atoms with Crippen molar-refractivity contribution in [2.75, 3.05) is 26.1 Å². The Labute approximate surface area is 174 Å². The van der Waals surface area contributed by atoms with Gasteiger partial charge in [-0.2, -0.15) is 13.2 Å². The SMILES string of the molecule is COc1ccc(C(C)NC(=O)Nc2ccc(OC)c(OCC(F)(F)F)c2)cc1Br. The van der Waals surface area contributed by atoms with Crippen molar-refractivity contribution in [1.29, 1.82) is 0 Å². The molecule has 0 heterocycles. The van der Waals surface area contributed by atoms with Crippen LogP contribution in [0.2, 0.25) is 0 Å². The average Bonchev–Trinajstić information content (AvgIpc) is 2.65. The maximum Gasteiger partial charge on any atom is 0.422 e. The van der Waals surface area contributed by atoms with Gasteiger partial charge >= 0.3 is 12.2 Å². The fraction of sp³-hybridized carbons (Fsp3) is 0.316. The number of ether oxygens (including phenoxy) is 3. The van der Waals surface area contributed by atoms with Crippen LogP contribution in [0.5, 0.6) is 17.2 Å². The first-order chi connectivity index (χ1) is 13.6. The molecule has 0 fully saturated rings. The zero-order chi connectivity index (χ0) is 21.6. The molecule has 0 saturated heterocycles. The zero-order valence-corrected chi connectivity index (χ0v) is 17.5. The van der Waals surface area contributed by atoms with Crippen molar-refractivity contribution >= 4 is 27.6 Å². The molecule has 10 heteroatoms. The predicted molar refractivity (Wildman–Crippen MR) is 106 cm³/mol. The third-order valence-corrected chi connectivity index (χ3v) is 4.46. The third-order valence-electron chi connectivity index (χ3n) is 3.84. The Morgan fingerprint density at radius 2 is 1.72 bits per heavy atom. The summed E-state index contributed by atoms with van der Waals surface area (Å²) in [5.74, 6) is 0.654. The number of carbonyl (C=O) groups is 1. The van der Waals surface area contributed by atoms with Gasteiger partial charge in [0.25, 0.3) is 0 Å². The summed E-state index contributed by atoms with van der Waals surface area (Å²) in [5.41, 5.74) is 1.08. The van der Waals surface area contributed by atoms with Crippen molar-refractivity contribution in [1.82, 2.24) is 5.32 Å². The van der Waals surface area contributed by atoms with Crippen LogP contribution in [-0.4, -0.2) is 33.0 Å². The Morgan fingerprint density at radius 1 is 1.07 bits per heavy atom. The Morgan fingerprint density at radius 3 is 2.31 bits per heavy atom. The van der Waals surface area contributed by atoms with Gasteiger partial charge in [0, 0.05) is 11.8 Å². The first-order valence-electron chi connectivity index (χ1n) is 8.41. The highest BCUT2D eigenvalue weighted by Crippen LogP contribution is 2.32. The average molecular weight is 477 g/mol. The second-order valence-corrected chi connectivity index (χ2v) is 6.84. The maximum atomic E-state index is 12.4. The second-order valence-electron chi connectivity index (χ2n) is 5.98. The van der Waals surface area contributed by atoms with Crippen molar-refractivity contribution < 1.29 is 32.2 Å². The molecule has 6 nitrogen and oxygen atoms in total. The summed E-state index contributed by atoms with van der Waals surface area (Å²) in [7, 11) is 2.86. The zero-order valence-electron chi connectivity index (χ0n) is 15.9. The summed E-state index contributed by atoms with van der Waals surface area (Å²) >= 11 is 3.39. The van der Waals surface area contributed by atoms with E-state index in [4.69, 9.17) is 14.2 Å². The van der Waals surface area contributed by atoms with Crippen LogP contribution in [0.4, 0.5) is 23.7 Å². The van der Waals surface area contributed by atoms with Crippen molar-refractivity contribution in [2.45, 2.75) is 19.1 Å². The summed E-state index contributed by atoms with van der Waals surface area (Å²) in [4.78, 5) is 12.3. The molecule has 0 spiro atoms. The fourth-order valence-corrected chi connectivity index (χ4v) is 2.98. The van der Waals surface area contributed by atoms with E-state index in [1.54, 1.807) is 20.1 Å². The fourth-order valence-electron chi connectivity index (χ4n) is 2.43. The number of hydrogen-bond acceptors (Lipinski definition) is 4. The third kappa shape index (κ3) is 6.74. The van der Waals surface area contributed by atoms with Gasteiger partial charge in [0.15, 0.2) is 18.1 Å². The highest BCUT2D eigenvalue weighted by Gasteiger charge is 2.29. The number of amides is 2. The molecule has 29 heavy (non-hydrogen) atoms. The van der Waals surface area contributed by atoms with Gasteiger partial charge in [0.05, 0.1) is 24.7 Å². The van der Waals surface area contributed by atoms with E-state index in [1.165, 1.54) is 25.3 Å². The second kappa shape index (κ2) is 9.73. The van der Waals surface area contributed by atoms with Gasteiger partial charge in [-0.05, 0) is 52.7 Å². The molecule has 0 bridgehead atoms. The number of methoxy groups -OCH3 is 2. The van der Waals surface area contributed by atoms with E-state index in [1.807, 2.05) is 12.1 Å². The molecule has 2 rings (SSSR count). The molecule has 1 unspecified atom stereocenters. The number of benzene rings is 2. The largest absolute Gasteiger partial charge is 0.496 e. The van der Waals surface area contributed by atoms with Crippen molar-refractivity contribution in [3.05, 3.63) is 46.4 Å². The number of nitrogens with one attached hydrogen (secondary N) is 2. The summed E-state index contributed by atoms with van der Waals surface area (Å²) in [6.45, 7) is 0.322. The summed E-state index contributed by atoms with van der Waals surface area (Å²) in [5, 5.41) is 5.32. The van der Waals surface area contributed by atoms with Crippen molar-refractivity contribution in [3.8, 4) is 17.2 Å². The van der Waals surface area contributed by atoms with Gasteiger partial charge in [0.1, 0.15) is 5.75 Å². The van der Waals surface area contributed by atoms with E-state index < -0.39 is 18.8 Å². The standard InChI is InChI=1S/C19H20BrF3N2O4/c1-11(12-4-6-15(27-2)14(20)8-12)24-18(26)25-13-5-7-16(28-3)17(9-13)29-10-19(21,22)23/h4-9,11H,10H2,1-3H3,(H2,24,25,26). The van der Waals surface area contributed by atoms with Crippen LogP contribution in [0.15, 0.2) is 40.9 Å². The van der Waals surface area contributed by atoms with Crippen molar-refractivity contribution in [3.63, 3.8) is 0 Å². The van der Waals surface area contributed by atoms with Gasteiger partial charge in [-0.3, -0.25) is 0 Å². The highest BCUT2D eigenvalue weighted by atomic mass is 79.9. The number of rotatable bonds is 7. The monoisotopic (exact) mass is 476 g/mol. The molecular weight excluding hydrogens is 457 g/mol. The minimum absolute atomic E-state index is 0.122. The lowest BCUT2D eigenvalue weighted by atomic mass is 10.1. The van der Waals surface area contributed by atoms with Crippen LogP contribution in [-0.2, 0) is 0 Å². The molecule has 158 valence electrons. The molecule has 0 saturated carbocycles. The molecule has 1 atom stereocenters. The molecule has 0 radical (unpaired) electrons. The number of urea groups is 1. The molecule has 2 aromatic carbocycles. The Kier molecular flexibility index (Phi) is 7.60. The Bertz CT molecular complexity index is 862. The molecule has 0 aromatic heterocycles. The van der Waals surface area contributed by atoms with Gasteiger partial charge < -0.3 is 24.8 Å². The van der Waals surface area contributed by atoms with Crippen LogP contribution in [0, 0.1) is 0 Å². The smallest absolute Gasteiger partial charge is 0.422 e. The normalized spacial score (nSPS) is 12.1. The van der Waals surface area contributed by atoms with Crippen LogP contribution < -0.4 is 24.8 Å². The number of carbonyl (C=O) groups excluding carboxylic acids is 1. The first-order valence-corrected chi connectivity index (χ1v) is 9.20. The van der Waals surface area contributed by atoms with Crippen molar-refractivity contribution in [2.24, 2.45) is 0 Å². The number of alkyl halides is 3. The van der Waals surface area contributed by atoms with E-state index in [-0.39, 0.29) is 23.2 Å². The van der Waals surface area contributed by atoms with Gasteiger partial charge in [0.2, 0.25) is 0 Å². The van der Waals surface area contributed by atoms with E-state index in [9.17, 15) is 18.0 Å². The van der Waals surface area contributed by atoms with E-state index in [0.717, 1.165) is 10.0 Å². The van der Waals surface area contributed by atoms with Gasteiger partial charge in [-0.15, -0.1) is 0 Å². The minimum atomic E-state index is -4.49. The first kappa shape index (κ1) is 22.7. The molecule has 0 aliphatic carbocycles. The summed E-state index contributed by atoms with van der Waals surface area (Å²) in [6.07, 6.45) is -4.49. The van der Waals surface area contributed by atoms with Crippen LogP contribution in [0.3, 0.4) is 0 Å². The maximum absolute atomic E-state index is 12.4. The number of hydrogen-bond donors (Lipinski definition) is 2. The lowest BCUT2D eigenvalue weighted by Gasteiger charge is -2.17. The van der Waals surface area contributed by atoms with E-state index in [2.05, 4.69) is 26.6 Å². The lowest BCUT2D eigenvalue weighted by molar-refractivity contribution is -0.153. The summed E-state index contributed by atoms with van der Waals surface area (Å²) < 4.78 is 52.9. The van der Waals surface area contributed by atoms with E-state index >= 15 is 0 Å².